The van der Waals surface area contributed by atoms with Crippen molar-refractivity contribution in [3.05, 3.63) is 64.7 Å². The molecule has 0 aliphatic heterocycles. The first kappa shape index (κ1) is 14.8. The Morgan fingerprint density at radius 3 is 1.95 bits per heavy atom. The molecular weight excluding hydrogens is 270 g/mol. The summed E-state index contributed by atoms with van der Waals surface area (Å²) in [7, 11) is 1.88. The topological polar surface area (TPSA) is 20.3 Å². The van der Waals surface area contributed by atoms with Crippen LogP contribution in [0.3, 0.4) is 0 Å². The number of hydrogen-bond acceptors (Lipinski definition) is 1. The molecule has 1 aliphatic rings. The minimum absolute atomic E-state index is 0.210. The van der Waals surface area contributed by atoms with Crippen LogP contribution in [-0.2, 0) is 10.2 Å². The van der Waals surface area contributed by atoms with Gasteiger partial charge in [0.15, 0.2) is 0 Å². The third-order valence-electron chi connectivity index (χ3n) is 4.66. The van der Waals surface area contributed by atoms with Crippen molar-refractivity contribution in [1.29, 1.82) is 0 Å². The van der Waals surface area contributed by atoms with Gasteiger partial charge in [-0.25, -0.2) is 0 Å². The lowest BCUT2D eigenvalue weighted by Crippen LogP contribution is -2.36. The van der Waals surface area contributed by atoms with Crippen LogP contribution in [0.25, 0.3) is 0 Å². The van der Waals surface area contributed by atoms with Crippen LogP contribution in [0.4, 0.5) is 5.69 Å². The number of benzene rings is 2. The summed E-state index contributed by atoms with van der Waals surface area (Å²) in [5.41, 5.74) is 5.50. The zero-order valence-corrected chi connectivity index (χ0v) is 13.8. The third-order valence-corrected chi connectivity index (χ3v) is 4.66. The Morgan fingerprint density at radius 2 is 1.45 bits per heavy atom. The van der Waals surface area contributed by atoms with Crippen molar-refractivity contribution in [3.8, 4) is 0 Å². The van der Waals surface area contributed by atoms with Gasteiger partial charge in [-0.05, 0) is 51.3 Å². The van der Waals surface area contributed by atoms with Crippen LogP contribution in [0.1, 0.15) is 35.1 Å². The van der Waals surface area contributed by atoms with Crippen molar-refractivity contribution < 1.29 is 4.79 Å². The lowest BCUT2D eigenvalue weighted by molar-refractivity contribution is -0.120. The van der Waals surface area contributed by atoms with Gasteiger partial charge in [-0.3, -0.25) is 4.79 Å². The summed E-state index contributed by atoms with van der Waals surface area (Å²) in [6, 6.07) is 14.6. The maximum atomic E-state index is 13.1. The van der Waals surface area contributed by atoms with Gasteiger partial charge in [0.05, 0.1) is 5.41 Å². The highest BCUT2D eigenvalue weighted by molar-refractivity contribution is 6.03. The van der Waals surface area contributed by atoms with E-state index in [4.69, 9.17) is 0 Å². The molecule has 0 N–H and O–H groups in total. The quantitative estimate of drug-likeness (QED) is 0.826. The number of anilines is 1. The fourth-order valence-electron chi connectivity index (χ4n) is 3.21. The number of rotatable bonds is 3. The second kappa shape index (κ2) is 5.28. The summed E-state index contributed by atoms with van der Waals surface area (Å²) in [4.78, 5) is 14.9. The third kappa shape index (κ3) is 2.54. The van der Waals surface area contributed by atoms with Crippen molar-refractivity contribution >= 4 is 11.6 Å². The second-order valence-electron chi connectivity index (χ2n) is 6.66. The SMILES string of the molecule is Cc1ccc(N(C)C(=O)C2(c3cc(C)cc(C)c3)CC2)cc1. The molecule has 1 fully saturated rings. The van der Waals surface area contributed by atoms with E-state index >= 15 is 0 Å². The van der Waals surface area contributed by atoms with Gasteiger partial charge >= 0.3 is 0 Å². The first-order valence-corrected chi connectivity index (χ1v) is 7.86. The minimum atomic E-state index is -0.309. The summed E-state index contributed by atoms with van der Waals surface area (Å²) in [6.07, 6.45) is 1.90. The summed E-state index contributed by atoms with van der Waals surface area (Å²) in [5, 5.41) is 0. The Hall–Kier alpha value is -2.09. The largest absolute Gasteiger partial charge is 0.315 e. The van der Waals surface area contributed by atoms with Gasteiger partial charge in [0.1, 0.15) is 0 Å². The molecule has 2 aromatic rings. The molecule has 0 radical (unpaired) electrons. The van der Waals surface area contributed by atoms with Crippen LogP contribution in [0, 0.1) is 20.8 Å². The van der Waals surface area contributed by atoms with E-state index in [0.717, 1.165) is 18.5 Å². The highest BCUT2D eigenvalue weighted by Gasteiger charge is 2.52. The minimum Gasteiger partial charge on any atom is -0.315 e. The molecule has 2 aromatic carbocycles. The number of aryl methyl sites for hydroxylation is 3. The van der Waals surface area contributed by atoms with E-state index < -0.39 is 0 Å². The molecular formula is C20H23NO. The molecule has 0 bridgehead atoms. The summed E-state index contributed by atoms with van der Waals surface area (Å²) < 4.78 is 0. The smallest absolute Gasteiger partial charge is 0.237 e. The molecule has 0 saturated heterocycles. The zero-order valence-electron chi connectivity index (χ0n) is 13.8. The van der Waals surface area contributed by atoms with Crippen molar-refractivity contribution in [2.75, 3.05) is 11.9 Å². The molecule has 0 spiro atoms. The van der Waals surface area contributed by atoms with Gasteiger partial charge in [-0.15, -0.1) is 0 Å². The predicted molar refractivity (Wildman–Crippen MR) is 91.4 cm³/mol. The molecule has 2 heteroatoms. The summed E-state index contributed by atoms with van der Waals surface area (Å²) in [5.74, 6) is 0.210. The van der Waals surface area contributed by atoms with Crippen LogP contribution < -0.4 is 4.90 Å². The van der Waals surface area contributed by atoms with E-state index in [-0.39, 0.29) is 11.3 Å². The van der Waals surface area contributed by atoms with Gasteiger partial charge in [0.2, 0.25) is 5.91 Å². The first-order chi connectivity index (χ1) is 10.4. The van der Waals surface area contributed by atoms with E-state index in [0.29, 0.717) is 0 Å². The Morgan fingerprint density at radius 1 is 0.909 bits per heavy atom. The Kier molecular flexibility index (Phi) is 3.56. The molecule has 1 amide bonds. The molecule has 0 heterocycles. The van der Waals surface area contributed by atoms with Gasteiger partial charge in [0.25, 0.3) is 0 Å². The van der Waals surface area contributed by atoms with Crippen molar-refractivity contribution in [3.63, 3.8) is 0 Å². The highest BCUT2D eigenvalue weighted by Crippen LogP contribution is 2.50. The molecule has 1 saturated carbocycles. The van der Waals surface area contributed by atoms with Gasteiger partial charge in [-0.2, -0.15) is 0 Å². The number of amides is 1. The van der Waals surface area contributed by atoms with Crippen LogP contribution >= 0.6 is 0 Å². The number of likely N-dealkylation sites (N-methyl/N-ethyl adjacent to an activating group) is 1. The number of nitrogens with zero attached hydrogens (tertiary/aromatic N) is 1. The van der Waals surface area contributed by atoms with Crippen molar-refractivity contribution in [2.24, 2.45) is 0 Å². The van der Waals surface area contributed by atoms with Crippen molar-refractivity contribution in [1.82, 2.24) is 0 Å². The fourth-order valence-corrected chi connectivity index (χ4v) is 3.21. The van der Waals surface area contributed by atoms with Gasteiger partial charge < -0.3 is 4.90 Å². The maximum Gasteiger partial charge on any atom is 0.237 e. The Labute approximate surface area is 132 Å². The maximum absolute atomic E-state index is 13.1. The van der Waals surface area contributed by atoms with E-state index in [1.807, 2.05) is 24.1 Å². The molecule has 0 unspecified atom stereocenters. The Balaban J connectivity index is 1.92. The zero-order chi connectivity index (χ0) is 15.9. The molecule has 1 aliphatic carbocycles. The van der Waals surface area contributed by atoms with E-state index in [2.05, 4.69) is 51.1 Å². The summed E-state index contributed by atoms with van der Waals surface area (Å²) in [6.45, 7) is 6.25. The van der Waals surface area contributed by atoms with E-state index in [9.17, 15) is 4.79 Å². The van der Waals surface area contributed by atoms with Gasteiger partial charge in [0, 0.05) is 12.7 Å². The number of carbonyl (C=O) groups is 1. The molecule has 2 nitrogen and oxygen atoms in total. The molecule has 0 atom stereocenters. The van der Waals surface area contributed by atoms with Crippen molar-refractivity contribution in [2.45, 2.75) is 39.0 Å². The van der Waals surface area contributed by atoms with Crippen LogP contribution in [0.15, 0.2) is 42.5 Å². The molecule has 22 heavy (non-hydrogen) atoms. The average molecular weight is 293 g/mol. The first-order valence-electron chi connectivity index (χ1n) is 7.86. The number of carbonyl (C=O) groups excluding carboxylic acids is 1. The molecule has 3 rings (SSSR count). The monoisotopic (exact) mass is 293 g/mol. The summed E-state index contributed by atoms with van der Waals surface area (Å²) >= 11 is 0. The highest BCUT2D eigenvalue weighted by atomic mass is 16.2. The van der Waals surface area contributed by atoms with E-state index in [1.165, 1.54) is 22.3 Å². The number of hydrogen-bond donors (Lipinski definition) is 0. The molecule has 0 aromatic heterocycles. The van der Waals surface area contributed by atoms with Crippen LogP contribution in [0.2, 0.25) is 0 Å². The average Bonchev–Trinajstić information content (AvgIpc) is 3.27. The second-order valence-corrected chi connectivity index (χ2v) is 6.66. The van der Waals surface area contributed by atoms with E-state index in [1.54, 1.807) is 0 Å². The standard InChI is InChI=1S/C20H23NO/c1-14-5-7-18(8-6-14)21(4)19(22)20(9-10-20)17-12-15(2)11-16(3)13-17/h5-8,11-13H,9-10H2,1-4H3. The van der Waals surface area contributed by atoms with Gasteiger partial charge in [-0.1, -0.05) is 47.0 Å². The Bertz CT molecular complexity index is 691. The fraction of sp³-hybridized carbons (Fsp3) is 0.350. The lowest BCUT2D eigenvalue weighted by Gasteiger charge is -2.24. The van der Waals surface area contributed by atoms with Crippen LogP contribution in [-0.4, -0.2) is 13.0 Å². The van der Waals surface area contributed by atoms with Crippen LogP contribution in [0.5, 0.6) is 0 Å². The normalized spacial score (nSPS) is 15.5. The molecule has 114 valence electrons. The predicted octanol–water partition coefficient (Wildman–Crippen LogP) is 4.31. The lowest BCUT2D eigenvalue weighted by atomic mass is 9.91.